The quantitative estimate of drug-likeness (QED) is 0.691. The monoisotopic (exact) mass is 208 g/mol. The molecule has 1 nitrogen and oxygen atoms in total. The number of hydrogen-bond acceptors (Lipinski definition) is 1. The zero-order valence-corrected chi connectivity index (χ0v) is 7.09. The Kier molecular flexibility index (Phi) is 3.46. The lowest BCUT2D eigenvalue weighted by molar-refractivity contribution is -0.305. The number of rotatable bonds is 4. The molecule has 0 heterocycles. The molecule has 0 saturated heterocycles. The largest absolute Gasteiger partial charge is 0.416 e. The molecule has 0 bridgehead atoms. The fraction of sp³-hybridized carbons (Fsp3) is 0.333. The minimum atomic E-state index is -4.38. The number of alkyl halides is 4. The van der Waals surface area contributed by atoms with Crippen molar-refractivity contribution in [2.75, 3.05) is 0 Å². The predicted molar refractivity (Wildman–Crippen MR) is 42.2 cm³/mol. The highest BCUT2D eigenvalue weighted by Gasteiger charge is 2.42. The maximum Gasteiger partial charge on any atom is 0.416 e. The van der Waals surface area contributed by atoms with E-state index >= 15 is 0 Å². The molecular formula is C9H8F4O. The van der Waals surface area contributed by atoms with Crippen LogP contribution in [0, 0.1) is 0 Å². The molecule has 5 heteroatoms. The van der Waals surface area contributed by atoms with E-state index in [2.05, 4.69) is 4.74 Å². The van der Waals surface area contributed by atoms with E-state index in [1.165, 1.54) is 12.1 Å². The molecule has 0 amide bonds. The van der Waals surface area contributed by atoms with Crippen molar-refractivity contribution in [2.45, 2.75) is 19.1 Å². The van der Waals surface area contributed by atoms with Crippen LogP contribution in [0.1, 0.15) is 5.56 Å². The van der Waals surface area contributed by atoms with E-state index < -0.39 is 19.1 Å². The van der Waals surface area contributed by atoms with Crippen molar-refractivity contribution in [3.63, 3.8) is 0 Å². The zero-order chi connectivity index (χ0) is 10.6. The Morgan fingerprint density at radius 1 is 1.14 bits per heavy atom. The molecule has 0 aliphatic rings. The van der Waals surface area contributed by atoms with E-state index in [9.17, 15) is 17.6 Å². The van der Waals surface area contributed by atoms with Crippen molar-refractivity contribution in [1.82, 2.24) is 0 Å². The Balaban J connectivity index is 2.49. The van der Waals surface area contributed by atoms with Crippen LogP contribution in [0.15, 0.2) is 30.3 Å². The predicted octanol–water partition coefficient (Wildman–Crippen LogP) is 3.06. The Labute approximate surface area is 78.3 Å². The van der Waals surface area contributed by atoms with Crippen LogP contribution >= 0.6 is 0 Å². The van der Waals surface area contributed by atoms with E-state index in [0.717, 1.165) is 0 Å². The Hall–Kier alpha value is -1.10. The van der Waals surface area contributed by atoms with Gasteiger partial charge in [0.05, 0.1) is 6.61 Å². The molecule has 0 saturated carbocycles. The lowest BCUT2D eigenvalue weighted by Gasteiger charge is -2.15. The van der Waals surface area contributed by atoms with Crippen molar-refractivity contribution in [3.8, 4) is 0 Å². The van der Waals surface area contributed by atoms with Crippen molar-refractivity contribution >= 4 is 0 Å². The molecule has 0 atom stereocenters. The summed E-state index contributed by atoms with van der Waals surface area (Å²) < 4.78 is 51.6. The molecule has 0 spiro atoms. The van der Waals surface area contributed by atoms with Gasteiger partial charge in [0.15, 0.2) is 0 Å². The van der Waals surface area contributed by atoms with Gasteiger partial charge in [-0.2, -0.15) is 8.78 Å². The Bertz CT molecular complexity index is 273. The van der Waals surface area contributed by atoms with Crippen LogP contribution in [0.2, 0.25) is 0 Å². The molecule has 1 rings (SSSR count). The van der Waals surface area contributed by atoms with Gasteiger partial charge >= 0.3 is 12.5 Å². The Morgan fingerprint density at radius 2 is 1.71 bits per heavy atom. The number of halogens is 4. The summed E-state index contributed by atoms with van der Waals surface area (Å²) in [6.45, 7) is -0.530. The van der Waals surface area contributed by atoms with E-state index in [4.69, 9.17) is 0 Å². The fourth-order valence-electron chi connectivity index (χ4n) is 0.817. The molecule has 0 aliphatic heterocycles. The molecule has 0 unspecified atom stereocenters. The summed E-state index contributed by atoms with van der Waals surface area (Å²) in [4.78, 5) is 0. The summed E-state index contributed by atoms with van der Waals surface area (Å²) >= 11 is 0. The van der Waals surface area contributed by atoms with Crippen LogP contribution in [0.3, 0.4) is 0 Å². The fourth-order valence-corrected chi connectivity index (χ4v) is 0.817. The first-order valence-electron chi connectivity index (χ1n) is 3.86. The van der Waals surface area contributed by atoms with Crippen molar-refractivity contribution in [2.24, 2.45) is 0 Å². The molecule has 0 aliphatic carbocycles. The molecule has 1 aromatic carbocycles. The first kappa shape index (κ1) is 11.0. The number of hydrogen-bond donors (Lipinski definition) is 0. The van der Waals surface area contributed by atoms with Crippen molar-refractivity contribution < 1.29 is 22.3 Å². The standard InChI is InChI=1S/C9H8F4O/c10-8(11)9(12,13)14-6-7-4-2-1-3-5-7/h1-5,8H,6H2. The summed E-state index contributed by atoms with van der Waals surface area (Å²) in [5.74, 6) is 0. The smallest absolute Gasteiger partial charge is 0.311 e. The second kappa shape index (κ2) is 4.41. The maximum absolute atomic E-state index is 12.3. The lowest BCUT2D eigenvalue weighted by Crippen LogP contribution is -2.29. The number of ether oxygens (including phenoxy) is 1. The summed E-state index contributed by atoms with van der Waals surface area (Å²) in [7, 11) is 0. The maximum atomic E-state index is 12.3. The highest BCUT2D eigenvalue weighted by Crippen LogP contribution is 2.25. The van der Waals surface area contributed by atoms with Crippen LogP contribution in [0.4, 0.5) is 17.6 Å². The Morgan fingerprint density at radius 3 is 2.21 bits per heavy atom. The average molecular weight is 208 g/mol. The second-order valence-electron chi connectivity index (χ2n) is 2.64. The van der Waals surface area contributed by atoms with Crippen LogP contribution in [0.5, 0.6) is 0 Å². The first-order valence-corrected chi connectivity index (χ1v) is 3.86. The van der Waals surface area contributed by atoms with E-state index in [1.807, 2.05) is 0 Å². The molecule has 0 aromatic heterocycles. The minimum Gasteiger partial charge on any atom is -0.311 e. The highest BCUT2D eigenvalue weighted by atomic mass is 19.3. The summed E-state index contributed by atoms with van der Waals surface area (Å²) in [5, 5.41) is 0. The molecule has 0 fully saturated rings. The third kappa shape index (κ3) is 2.99. The highest BCUT2D eigenvalue weighted by molar-refractivity contribution is 5.13. The average Bonchev–Trinajstić information content (AvgIpc) is 2.16. The summed E-state index contributed by atoms with van der Waals surface area (Å²) in [6.07, 6.45) is -8.18. The number of benzene rings is 1. The topological polar surface area (TPSA) is 9.23 Å². The van der Waals surface area contributed by atoms with Gasteiger partial charge in [0.25, 0.3) is 0 Å². The van der Waals surface area contributed by atoms with Crippen LogP contribution < -0.4 is 0 Å². The van der Waals surface area contributed by atoms with Crippen LogP contribution in [-0.2, 0) is 11.3 Å². The van der Waals surface area contributed by atoms with E-state index in [-0.39, 0.29) is 0 Å². The van der Waals surface area contributed by atoms with E-state index in [1.54, 1.807) is 18.2 Å². The molecule has 0 radical (unpaired) electrons. The van der Waals surface area contributed by atoms with E-state index in [0.29, 0.717) is 5.56 Å². The van der Waals surface area contributed by atoms with Crippen molar-refractivity contribution in [3.05, 3.63) is 35.9 Å². The SMILES string of the molecule is FC(F)C(F)(F)OCc1ccccc1. The van der Waals surface area contributed by atoms with Gasteiger partial charge in [0.1, 0.15) is 0 Å². The van der Waals surface area contributed by atoms with Crippen LogP contribution in [-0.4, -0.2) is 12.5 Å². The summed E-state index contributed by atoms with van der Waals surface area (Å²) in [6, 6.07) is 7.94. The third-order valence-corrected chi connectivity index (χ3v) is 1.53. The van der Waals surface area contributed by atoms with Crippen molar-refractivity contribution in [1.29, 1.82) is 0 Å². The third-order valence-electron chi connectivity index (χ3n) is 1.53. The van der Waals surface area contributed by atoms with Gasteiger partial charge < -0.3 is 4.74 Å². The first-order chi connectivity index (χ1) is 6.52. The second-order valence-corrected chi connectivity index (χ2v) is 2.64. The van der Waals surface area contributed by atoms with Gasteiger partial charge in [-0.3, -0.25) is 0 Å². The van der Waals surface area contributed by atoms with Crippen LogP contribution in [0.25, 0.3) is 0 Å². The molecule has 78 valence electrons. The summed E-state index contributed by atoms with van der Waals surface area (Å²) in [5.41, 5.74) is 0.424. The molecule has 14 heavy (non-hydrogen) atoms. The van der Waals surface area contributed by atoms with Gasteiger partial charge in [0.2, 0.25) is 0 Å². The molecule has 1 aromatic rings. The normalized spacial score (nSPS) is 12.1. The minimum absolute atomic E-state index is 0.424. The molecular weight excluding hydrogens is 200 g/mol. The van der Waals surface area contributed by atoms with Gasteiger partial charge in [-0.05, 0) is 5.56 Å². The zero-order valence-electron chi connectivity index (χ0n) is 7.09. The van der Waals surface area contributed by atoms with Gasteiger partial charge in [-0.15, -0.1) is 0 Å². The molecule has 0 N–H and O–H groups in total. The van der Waals surface area contributed by atoms with Gasteiger partial charge in [-0.1, -0.05) is 30.3 Å². The van der Waals surface area contributed by atoms with Gasteiger partial charge in [-0.25, -0.2) is 8.78 Å². The lowest BCUT2D eigenvalue weighted by atomic mass is 10.2. The van der Waals surface area contributed by atoms with Gasteiger partial charge in [0, 0.05) is 0 Å².